The van der Waals surface area contributed by atoms with Gasteiger partial charge in [0, 0.05) is 18.0 Å². The molecule has 0 bridgehead atoms. The lowest BCUT2D eigenvalue weighted by molar-refractivity contribution is -0.120. The van der Waals surface area contributed by atoms with Crippen LogP contribution in [0.15, 0.2) is 29.1 Å². The molecule has 2 fully saturated rings. The van der Waals surface area contributed by atoms with Crippen molar-refractivity contribution < 1.29 is 4.79 Å². The molecule has 4 rings (SSSR count). The summed E-state index contributed by atoms with van der Waals surface area (Å²) in [6.07, 6.45) is 6.48. The van der Waals surface area contributed by atoms with Crippen LogP contribution in [0.25, 0.3) is 10.8 Å². The number of hydrogen-bond acceptors (Lipinski definition) is 4. The first-order chi connectivity index (χ1) is 12.7. The highest BCUT2D eigenvalue weighted by Crippen LogP contribution is 2.30. The van der Waals surface area contributed by atoms with Crippen molar-refractivity contribution in [3.8, 4) is 0 Å². The Morgan fingerprint density at radius 1 is 1.15 bits per heavy atom. The van der Waals surface area contributed by atoms with Crippen molar-refractivity contribution in [2.75, 3.05) is 19.6 Å². The molecule has 26 heavy (non-hydrogen) atoms. The first-order valence-electron chi connectivity index (χ1n) is 9.69. The quantitative estimate of drug-likeness (QED) is 0.878. The van der Waals surface area contributed by atoms with Gasteiger partial charge in [-0.25, -0.2) is 5.10 Å². The van der Waals surface area contributed by atoms with E-state index in [2.05, 4.69) is 20.4 Å². The molecule has 1 aromatic carbocycles. The van der Waals surface area contributed by atoms with Gasteiger partial charge < -0.3 is 10.2 Å². The second-order valence-corrected chi connectivity index (χ2v) is 7.53. The van der Waals surface area contributed by atoms with Crippen LogP contribution in [0, 0.1) is 5.92 Å². The third-order valence-corrected chi connectivity index (χ3v) is 5.89. The van der Waals surface area contributed by atoms with Gasteiger partial charge in [0.25, 0.3) is 5.56 Å². The average molecular weight is 354 g/mol. The van der Waals surface area contributed by atoms with Gasteiger partial charge in [0.1, 0.15) is 0 Å². The molecule has 2 aliphatic heterocycles. The number of rotatable bonds is 4. The minimum absolute atomic E-state index is 0.0253. The van der Waals surface area contributed by atoms with E-state index in [-0.39, 0.29) is 17.9 Å². The lowest BCUT2D eigenvalue weighted by atomic mass is 9.83. The predicted octanol–water partition coefficient (Wildman–Crippen LogP) is 1.85. The van der Waals surface area contributed by atoms with Crippen LogP contribution in [0.2, 0.25) is 0 Å². The van der Waals surface area contributed by atoms with Crippen LogP contribution in [0.1, 0.15) is 37.8 Å². The Kier molecular flexibility index (Phi) is 5.02. The Balaban J connectivity index is 1.40. The highest BCUT2D eigenvalue weighted by Gasteiger charge is 2.32. The van der Waals surface area contributed by atoms with Gasteiger partial charge in [-0.05, 0) is 50.8 Å². The number of carbonyl (C=O) groups excluding carboxylic acids is 1. The summed E-state index contributed by atoms with van der Waals surface area (Å²) in [5.41, 5.74) is 0.407. The van der Waals surface area contributed by atoms with E-state index >= 15 is 0 Å². The monoisotopic (exact) mass is 354 g/mol. The van der Waals surface area contributed by atoms with Crippen molar-refractivity contribution >= 4 is 16.7 Å². The molecule has 0 spiro atoms. The van der Waals surface area contributed by atoms with Gasteiger partial charge in [-0.2, -0.15) is 5.10 Å². The van der Waals surface area contributed by atoms with Gasteiger partial charge >= 0.3 is 0 Å². The molecule has 0 saturated carbocycles. The zero-order valence-corrected chi connectivity index (χ0v) is 15.0. The lowest BCUT2D eigenvalue weighted by Crippen LogP contribution is -2.51. The third-order valence-electron chi connectivity index (χ3n) is 5.89. The number of fused-ring (bicyclic) bond motifs is 2. The van der Waals surface area contributed by atoms with Gasteiger partial charge in [-0.1, -0.05) is 24.6 Å². The van der Waals surface area contributed by atoms with E-state index in [1.807, 2.05) is 18.2 Å². The zero-order chi connectivity index (χ0) is 17.9. The van der Waals surface area contributed by atoms with E-state index in [1.165, 1.54) is 45.2 Å². The lowest BCUT2D eigenvalue weighted by Gasteiger charge is -2.44. The summed E-state index contributed by atoms with van der Waals surface area (Å²) in [6.45, 7) is 3.16. The predicted molar refractivity (Wildman–Crippen MR) is 101 cm³/mol. The molecular formula is C20H26N4O2. The van der Waals surface area contributed by atoms with E-state index in [0.29, 0.717) is 23.0 Å². The summed E-state index contributed by atoms with van der Waals surface area (Å²) in [6, 6.07) is 7.92. The van der Waals surface area contributed by atoms with Gasteiger partial charge in [-0.15, -0.1) is 0 Å². The Morgan fingerprint density at radius 2 is 1.96 bits per heavy atom. The van der Waals surface area contributed by atoms with Gasteiger partial charge in [-0.3, -0.25) is 9.59 Å². The summed E-state index contributed by atoms with van der Waals surface area (Å²) >= 11 is 0. The van der Waals surface area contributed by atoms with Crippen LogP contribution in [0.5, 0.6) is 0 Å². The number of aromatic nitrogens is 2. The fraction of sp³-hybridized carbons (Fsp3) is 0.550. The number of carbonyl (C=O) groups is 1. The number of piperidine rings is 2. The van der Waals surface area contributed by atoms with Crippen molar-refractivity contribution in [2.24, 2.45) is 5.92 Å². The fourth-order valence-corrected chi connectivity index (χ4v) is 4.58. The first kappa shape index (κ1) is 17.2. The molecule has 2 aliphatic rings. The van der Waals surface area contributed by atoms with Crippen LogP contribution in [0.3, 0.4) is 0 Å². The van der Waals surface area contributed by atoms with Crippen LogP contribution < -0.4 is 10.9 Å². The van der Waals surface area contributed by atoms with E-state index < -0.39 is 0 Å². The van der Waals surface area contributed by atoms with Crippen LogP contribution in [-0.2, 0) is 11.2 Å². The summed E-state index contributed by atoms with van der Waals surface area (Å²) in [4.78, 5) is 27.0. The molecule has 2 atom stereocenters. The van der Waals surface area contributed by atoms with E-state index in [9.17, 15) is 9.59 Å². The molecule has 2 aromatic rings. The Morgan fingerprint density at radius 3 is 2.85 bits per heavy atom. The standard InChI is InChI=1S/C20H26N4O2/c25-19(12-17-15-7-1-2-8-16(15)20(26)23-22-17)21-13-14-6-5-11-24-10-4-3-9-18(14)24/h1-2,7-8,14,18H,3-6,9-13H2,(H,21,25)(H,23,26). The highest BCUT2D eigenvalue weighted by molar-refractivity contribution is 5.88. The molecule has 138 valence electrons. The number of nitrogens with zero attached hydrogens (tertiary/aromatic N) is 2. The second-order valence-electron chi connectivity index (χ2n) is 7.53. The maximum Gasteiger partial charge on any atom is 0.272 e. The topological polar surface area (TPSA) is 78.1 Å². The maximum absolute atomic E-state index is 12.5. The number of aromatic amines is 1. The second kappa shape index (κ2) is 7.58. The SMILES string of the molecule is O=C(Cc1n[nH]c(=O)c2ccccc12)NCC1CCCN2CCCCC12. The van der Waals surface area contributed by atoms with Crippen molar-refractivity contribution in [2.45, 2.75) is 44.6 Å². The summed E-state index contributed by atoms with van der Waals surface area (Å²) in [5, 5.41) is 11.0. The number of amides is 1. The molecule has 2 N–H and O–H groups in total. The summed E-state index contributed by atoms with van der Waals surface area (Å²) in [7, 11) is 0. The van der Waals surface area contributed by atoms with Gasteiger partial charge in [0.05, 0.1) is 17.5 Å². The minimum atomic E-state index is -0.218. The molecule has 3 heterocycles. The Hall–Kier alpha value is -2.21. The molecule has 0 aliphatic carbocycles. The largest absolute Gasteiger partial charge is 0.355 e. The Bertz CT molecular complexity index is 845. The van der Waals surface area contributed by atoms with E-state index in [0.717, 1.165) is 11.9 Å². The van der Waals surface area contributed by atoms with Crippen molar-refractivity contribution in [3.63, 3.8) is 0 Å². The fourth-order valence-electron chi connectivity index (χ4n) is 4.58. The van der Waals surface area contributed by atoms with E-state index in [4.69, 9.17) is 0 Å². The van der Waals surface area contributed by atoms with Crippen molar-refractivity contribution in [1.29, 1.82) is 0 Å². The highest BCUT2D eigenvalue weighted by atomic mass is 16.1. The number of nitrogens with one attached hydrogen (secondary N) is 2. The van der Waals surface area contributed by atoms with Crippen molar-refractivity contribution in [3.05, 3.63) is 40.3 Å². The molecule has 6 nitrogen and oxygen atoms in total. The summed E-state index contributed by atoms with van der Waals surface area (Å²) < 4.78 is 0. The van der Waals surface area contributed by atoms with Crippen LogP contribution in [0.4, 0.5) is 0 Å². The molecule has 1 amide bonds. The Labute approximate surface area is 153 Å². The maximum atomic E-state index is 12.5. The molecule has 6 heteroatoms. The normalized spacial score (nSPS) is 23.5. The van der Waals surface area contributed by atoms with Crippen LogP contribution >= 0.6 is 0 Å². The molecule has 2 unspecified atom stereocenters. The van der Waals surface area contributed by atoms with Crippen molar-refractivity contribution in [1.82, 2.24) is 20.4 Å². The average Bonchev–Trinajstić information content (AvgIpc) is 2.69. The first-order valence-corrected chi connectivity index (χ1v) is 9.69. The van der Waals surface area contributed by atoms with Gasteiger partial charge in [0.2, 0.25) is 5.91 Å². The minimum Gasteiger partial charge on any atom is -0.355 e. The number of hydrogen-bond donors (Lipinski definition) is 2. The van der Waals surface area contributed by atoms with Crippen LogP contribution in [-0.4, -0.2) is 46.7 Å². The summed E-state index contributed by atoms with van der Waals surface area (Å²) in [5.74, 6) is 0.524. The molecule has 0 radical (unpaired) electrons. The van der Waals surface area contributed by atoms with E-state index in [1.54, 1.807) is 6.07 Å². The smallest absolute Gasteiger partial charge is 0.272 e. The molecule has 2 saturated heterocycles. The number of H-pyrrole nitrogens is 1. The van der Waals surface area contributed by atoms with Gasteiger partial charge in [0.15, 0.2) is 0 Å². The zero-order valence-electron chi connectivity index (χ0n) is 15.0. The molecular weight excluding hydrogens is 328 g/mol. The molecule has 1 aromatic heterocycles. The third kappa shape index (κ3) is 3.51. The number of benzene rings is 1.